The molecular formula is C15H22N2O4. The number of nitrogens with one attached hydrogen (secondary N) is 1. The fourth-order valence-electron chi connectivity index (χ4n) is 3.21. The molecule has 3 atom stereocenters. The van der Waals surface area contributed by atoms with E-state index in [1.165, 1.54) is 6.39 Å². The number of carbonyl (C=O) groups is 1. The highest BCUT2D eigenvalue weighted by Gasteiger charge is 2.28. The van der Waals surface area contributed by atoms with Crippen molar-refractivity contribution in [2.75, 3.05) is 13.2 Å². The molecule has 1 aromatic rings. The Morgan fingerprint density at radius 1 is 1.38 bits per heavy atom. The van der Waals surface area contributed by atoms with Gasteiger partial charge in [0.05, 0.1) is 6.10 Å². The average Bonchev–Trinajstić information content (AvgIpc) is 3.14. The van der Waals surface area contributed by atoms with Crippen LogP contribution in [-0.2, 0) is 4.74 Å². The van der Waals surface area contributed by atoms with Crippen LogP contribution in [0.5, 0.6) is 0 Å². The summed E-state index contributed by atoms with van der Waals surface area (Å²) in [6.07, 6.45) is 6.48. The standard InChI is InChI=1S/C15H22N2O4/c18-11-4-1-3-10(7-11)8-16-15(19)13-14(21-9-17-13)12-5-2-6-20-12/h9-12,18H,1-8H2,(H,16,19). The molecule has 1 aliphatic carbocycles. The summed E-state index contributed by atoms with van der Waals surface area (Å²) in [5.74, 6) is 0.666. The van der Waals surface area contributed by atoms with Crippen LogP contribution in [0.4, 0.5) is 0 Å². The normalized spacial score (nSPS) is 29.5. The molecule has 0 aromatic carbocycles. The van der Waals surface area contributed by atoms with E-state index in [0.29, 0.717) is 30.5 Å². The maximum Gasteiger partial charge on any atom is 0.273 e. The molecule has 3 rings (SSSR count). The minimum atomic E-state index is -0.227. The van der Waals surface area contributed by atoms with Crippen molar-refractivity contribution in [2.45, 2.75) is 50.7 Å². The van der Waals surface area contributed by atoms with Crippen LogP contribution in [-0.4, -0.2) is 35.3 Å². The first-order valence-corrected chi connectivity index (χ1v) is 7.75. The van der Waals surface area contributed by atoms with E-state index >= 15 is 0 Å². The average molecular weight is 294 g/mol. The Labute approximate surface area is 123 Å². The van der Waals surface area contributed by atoms with Gasteiger partial charge in [0.25, 0.3) is 5.91 Å². The second-order valence-corrected chi connectivity index (χ2v) is 5.96. The first kappa shape index (κ1) is 14.5. The predicted molar refractivity (Wildman–Crippen MR) is 74.7 cm³/mol. The van der Waals surface area contributed by atoms with Crippen LogP contribution in [0.15, 0.2) is 10.8 Å². The summed E-state index contributed by atoms with van der Waals surface area (Å²) in [7, 11) is 0. The molecule has 2 N–H and O–H groups in total. The number of carbonyl (C=O) groups excluding carboxylic acids is 1. The molecule has 2 heterocycles. The van der Waals surface area contributed by atoms with Crippen LogP contribution in [0.1, 0.15) is 60.9 Å². The van der Waals surface area contributed by atoms with Gasteiger partial charge in [-0.1, -0.05) is 6.42 Å². The number of amides is 1. The molecular weight excluding hydrogens is 272 g/mol. The van der Waals surface area contributed by atoms with Gasteiger partial charge in [0, 0.05) is 13.2 Å². The van der Waals surface area contributed by atoms with Crippen LogP contribution < -0.4 is 5.32 Å². The van der Waals surface area contributed by atoms with Gasteiger partial charge < -0.3 is 19.6 Å². The highest BCUT2D eigenvalue weighted by atomic mass is 16.5. The van der Waals surface area contributed by atoms with E-state index < -0.39 is 0 Å². The maximum atomic E-state index is 12.3. The molecule has 0 bridgehead atoms. The molecule has 3 unspecified atom stereocenters. The van der Waals surface area contributed by atoms with Gasteiger partial charge in [-0.15, -0.1) is 0 Å². The number of aromatic nitrogens is 1. The van der Waals surface area contributed by atoms with Crippen molar-refractivity contribution in [3.8, 4) is 0 Å². The number of hydrogen-bond acceptors (Lipinski definition) is 5. The molecule has 0 spiro atoms. The van der Waals surface area contributed by atoms with E-state index in [2.05, 4.69) is 10.3 Å². The number of rotatable bonds is 4. The quantitative estimate of drug-likeness (QED) is 0.884. The predicted octanol–water partition coefficient (Wildman–Crippen LogP) is 1.81. The lowest BCUT2D eigenvalue weighted by Crippen LogP contribution is -2.33. The third kappa shape index (κ3) is 3.44. The maximum absolute atomic E-state index is 12.3. The SMILES string of the molecule is O=C(NCC1CCCC(O)C1)c1ncoc1C1CCCO1. The van der Waals surface area contributed by atoms with E-state index in [9.17, 15) is 9.90 Å². The molecule has 2 fully saturated rings. The number of hydrogen-bond donors (Lipinski definition) is 2. The largest absolute Gasteiger partial charge is 0.445 e. The first-order chi connectivity index (χ1) is 10.2. The lowest BCUT2D eigenvalue weighted by molar-refractivity contribution is 0.0826. The van der Waals surface area contributed by atoms with E-state index in [1.54, 1.807) is 0 Å². The van der Waals surface area contributed by atoms with Crippen LogP contribution in [0.25, 0.3) is 0 Å². The number of nitrogens with zero attached hydrogens (tertiary/aromatic N) is 1. The van der Waals surface area contributed by atoms with Crippen LogP contribution >= 0.6 is 0 Å². The van der Waals surface area contributed by atoms with Gasteiger partial charge in [0.1, 0.15) is 6.10 Å². The second-order valence-electron chi connectivity index (χ2n) is 5.96. The molecule has 1 amide bonds. The molecule has 6 heteroatoms. The molecule has 1 aliphatic heterocycles. The Hall–Kier alpha value is -1.40. The molecule has 0 radical (unpaired) electrons. The van der Waals surface area contributed by atoms with Crippen molar-refractivity contribution in [1.82, 2.24) is 10.3 Å². The zero-order valence-corrected chi connectivity index (χ0v) is 12.1. The Morgan fingerprint density at radius 2 is 2.29 bits per heavy atom. The van der Waals surface area contributed by atoms with Crippen molar-refractivity contribution < 1.29 is 19.1 Å². The fraction of sp³-hybridized carbons (Fsp3) is 0.733. The number of oxazole rings is 1. The van der Waals surface area contributed by atoms with Crippen LogP contribution in [0, 0.1) is 5.92 Å². The highest BCUT2D eigenvalue weighted by molar-refractivity contribution is 5.93. The van der Waals surface area contributed by atoms with Crippen molar-refractivity contribution in [2.24, 2.45) is 5.92 Å². The summed E-state index contributed by atoms with van der Waals surface area (Å²) in [6, 6.07) is 0. The number of aliphatic hydroxyl groups is 1. The van der Waals surface area contributed by atoms with Gasteiger partial charge in [-0.2, -0.15) is 0 Å². The second kappa shape index (κ2) is 6.58. The Balaban J connectivity index is 1.57. The van der Waals surface area contributed by atoms with Gasteiger partial charge in [-0.3, -0.25) is 4.79 Å². The monoisotopic (exact) mass is 294 g/mol. The summed E-state index contributed by atoms with van der Waals surface area (Å²) >= 11 is 0. The Morgan fingerprint density at radius 3 is 3.05 bits per heavy atom. The van der Waals surface area contributed by atoms with Crippen molar-refractivity contribution in [3.63, 3.8) is 0 Å². The lowest BCUT2D eigenvalue weighted by Gasteiger charge is -2.25. The Kier molecular flexibility index (Phi) is 4.55. The first-order valence-electron chi connectivity index (χ1n) is 7.75. The summed E-state index contributed by atoms with van der Waals surface area (Å²) < 4.78 is 10.9. The fourth-order valence-corrected chi connectivity index (χ4v) is 3.21. The molecule has 1 saturated carbocycles. The Bertz CT molecular complexity index is 482. The lowest BCUT2D eigenvalue weighted by atomic mass is 9.87. The van der Waals surface area contributed by atoms with Crippen molar-refractivity contribution in [3.05, 3.63) is 17.8 Å². The minimum Gasteiger partial charge on any atom is -0.445 e. The van der Waals surface area contributed by atoms with Crippen LogP contribution in [0.3, 0.4) is 0 Å². The molecule has 1 saturated heterocycles. The zero-order chi connectivity index (χ0) is 14.7. The third-order valence-corrected chi connectivity index (χ3v) is 4.34. The van der Waals surface area contributed by atoms with Gasteiger partial charge in [0.2, 0.25) is 0 Å². The molecule has 6 nitrogen and oxygen atoms in total. The van der Waals surface area contributed by atoms with Gasteiger partial charge in [-0.25, -0.2) is 4.98 Å². The van der Waals surface area contributed by atoms with Gasteiger partial charge in [-0.05, 0) is 38.0 Å². The van der Waals surface area contributed by atoms with Crippen LogP contribution in [0.2, 0.25) is 0 Å². The van der Waals surface area contributed by atoms with E-state index in [4.69, 9.17) is 9.15 Å². The van der Waals surface area contributed by atoms with Gasteiger partial charge >= 0.3 is 0 Å². The molecule has 2 aliphatic rings. The van der Waals surface area contributed by atoms with E-state index in [1.807, 2.05) is 0 Å². The zero-order valence-electron chi connectivity index (χ0n) is 12.1. The third-order valence-electron chi connectivity index (χ3n) is 4.34. The van der Waals surface area contributed by atoms with Gasteiger partial charge in [0.15, 0.2) is 17.8 Å². The summed E-state index contributed by atoms with van der Waals surface area (Å²) in [5, 5.41) is 12.6. The number of ether oxygens (including phenoxy) is 1. The van der Waals surface area contributed by atoms with Crippen molar-refractivity contribution >= 4 is 5.91 Å². The van der Waals surface area contributed by atoms with E-state index in [-0.39, 0.29) is 18.1 Å². The van der Waals surface area contributed by atoms with E-state index in [0.717, 1.165) is 38.5 Å². The summed E-state index contributed by atoms with van der Waals surface area (Å²) in [6.45, 7) is 1.28. The minimum absolute atomic E-state index is 0.148. The number of aliphatic hydroxyl groups excluding tert-OH is 1. The van der Waals surface area contributed by atoms with Crippen molar-refractivity contribution in [1.29, 1.82) is 0 Å². The molecule has 21 heavy (non-hydrogen) atoms. The topological polar surface area (TPSA) is 84.6 Å². The smallest absolute Gasteiger partial charge is 0.273 e. The highest BCUT2D eigenvalue weighted by Crippen LogP contribution is 2.30. The molecule has 1 aromatic heterocycles. The summed E-state index contributed by atoms with van der Waals surface area (Å²) in [4.78, 5) is 16.3. The summed E-state index contributed by atoms with van der Waals surface area (Å²) in [5.41, 5.74) is 0.332. The molecule has 116 valence electrons.